The highest BCUT2D eigenvalue weighted by molar-refractivity contribution is 7.93. The number of para-hydroxylation sites is 3. The van der Waals surface area contributed by atoms with Gasteiger partial charge in [0.2, 0.25) is 5.91 Å². The van der Waals surface area contributed by atoms with Crippen molar-refractivity contribution in [3.05, 3.63) is 84.4 Å². The summed E-state index contributed by atoms with van der Waals surface area (Å²) < 4.78 is 28.5. The normalized spacial score (nSPS) is 14.2. The van der Waals surface area contributed by atoms with Crippen molar-refractivity contribution in [3.63, 3.8) is 0 Å². The Kier molecular flexibility index (Phi) is 9.98. The quantitative estimate of drug-likeness (QED) is 0.359. The van der Waals surface area contributed by atoms with E-state index in [2.05, 4.69) is 29.2 Å². The van der Waals surface area contributed by atoms with Gasteiger partial charge in [0.15, 0.2) is 0 Å². The smallest absolute Gasteiger partial charge is 0.268 e. The van der Waals surface area contributed by atoms with Crippen molar-refractivity contribution in [2.75, 3.05) is 64.2 Å². The summed E-state index contributed by atoms with van der Waals surface area (Å²) in [6, 6.07) is 20.1. The van der Waals surface area contributed by atoms with E-state index in [1.807, 2.05) is 0 Å². The third-order valence-electron chi connectivity index (χ3n) is 6.95. The molecule has 41 heavy (non-hydrogen) atoms. The van der Waals surface area contributed by atoms with Crippen LogP contribution < -0.4 is 9.62 Å². The molecule has 0 radical (unpaired) electrons. The van der Waals surface area contributed by atoms with Gasteiger partial charge in [0, 0.05) is 31.7 Å². The number of phenolic OH excluding ortho intramolecular Hbond substituents is 1. The van der Waals surface area contributed by atoms with Crippen molar-refractivity contribution in [2.24, 2.45) is 0 Å². The number of rotatable bonds is 11. The van der Waals surface area contributed by atoms with Crippen LogP contribution in [0.15, 0.2) is 83.8 Å². The van der Waals surface area contributed by atoms with Crippen LogP contribution in [0.25, 0.3) is 0 Å². The van der Waals surface area contributed by atoms with E-state index in [0.29, 0.717) is 18.8 Å². The van der Waals surface area contributed by atoms with Crippen molar-refractivity contribution < 1.29 is 23.1 Å². The second kappa shape index (κ2) is 13.6. The number of benzene rings is 3. The van der Waals surface area contributed by atoms with Crippen molar-refractivity contribution >= 4 is 33.2 Å². The number of carbonyl (C=O) groups excluding carboxylic acids is 2. The predicted octanol–water partition coefficient (Wildman–Crippen LogP) is 2.74. The molecule has 0 saturated carbocycles. The Morgan fingerprint density at radius 2 is 1.51 bits per heavy atom. The Balaban J connectivity index is 1.37. The minimum Gasteiger partial charge on any atom is -0.506 e. The summed E-state index contributed by atoms with van der Waals surface area (Å²) in [5.41, 5.74) is 0.688. The molecule has 1 aliphatic heterocycles. The van der Waals surface area contributed by atoms with E-state index in [9.17, 15) is 23.1 Å². The van der Waals surface area contributed by atoms with Gasteiger partial charge in [-0.05, 0) is 82.1 Å². The average Bonchev–Trinajstić information content (AvgIpc) is 2.97. The molecule has 4 rings (SSSR count). The maximum Gasteiger partial charge on any atom is 0.268 e. The van der Waals surface area contributed by atoms with Gasteiger partial charge in [-0.25, -0.2) is 12.7 Å². The monoisotopic (exact) mass is 579 g/mol. The Morgan fingerprint density at radius 3 is 2.15 bits per heavy atom. The predicted molar refractivity (Wildman–Crippen MR) is 159 cm³/mol. The minimum absolute atomic E-state index is 0.0549. The summed E-state index contributed by atoms with van der Waals surface area (Å²) in [5, 5.41) is 13.1. The van der Waals surface area contributed by atoms with Crippen LogP contribution in [0, 0.1) is 0 Å². The number of piperazine rings is 1. The van der Waals surface area contributed by atoms with E-state index in [4.69, 9.17) is 0 Å². The molecular weight excluding hydrogens is 542 g/mol. The second-order valence-electron chi connectivity index (χ2n) is 10.2. The van der Waals surface area contributed by atoms with E-state index in [1.54, 1.807) is 47.4 Å². The molecule has 1 aliphatic rings. The Morgan fingerprint density at radius 1 is 0.878 bits per heavy atom. The lowest BCUT2D eigenvalue weighted by atomic mass is 10.2. The van der Waals surface area contributed by atoms with Crippen molar-refractivity contribution in [1.82, 2.24) is 20.0 Å². The Hall–Kier alpha value is -3.93. The van der Waals surface area contributed by atoms with Crippen LogP contribution in [0.2, 0.25) is 0 Å². The van der Waals surface area contributed by atoms with Gasteiger partial charge < -0.3 is 20.2 Å². The van der Waals surface area contributed by atoms with Crippen LogP contribution in [0.1, 0.15) is 16.8 Å². The maximum absolute atomic E-state index is 13.7. The van der Waals surface area contributed by atoms with Crippen LogP contribution >= 0.6 is 0 Å². The third-order valence-corrected chi connectivity index (χ3v) is 8.71. The largest absolute Gasteiger partial charge is 0.506 e. The Bertz CT molecular complexity index is 1420. The Labute approximate surface area is 241 Å². The summed E-state index contributed by atoms with van der Waals surface area (Å²) in [4.78, 5) is 31.6. The van der Waals surface area contributed by atoms with Gasteiger partial charge >= 0.3 is 0 Å². The third kappa shape index (κ3) is 7.63. The summed E-state index contributed by atoms with van der Waals surface area (Å²) in [5.74, 6) is -0.803. The summed E-state index contributed by atoms with van der Waals surface area (Å²) in [6.07, 6.45) is 1.08. The van der Waals surface area contributed by atoms with Crippen LogP contribution in [0.5, 0.6) is 5.75 Å². The fourth-order valence-corrected chi connectivity index (χ4v) is 6.19. The number of carbonyl (C=O) groups is 2. The zero-order valence-electron chi connectivity index (χ0n) is 23.4. The zero-order chi connectivity index (χ0) is 29.4. The molecule has 1 heterocycles. The van der Waals surface area contributed by atoms with Gasteiger partial charge in [0.1, 0.15) is 5.75 Å². The highest BCUT2D eigenvalue weighted by Crippen LogP contribution is 2.37. The first-order valence-electron chi connectivity index (χ1n) is 13.6. The molecule has 10 nitrogen and oxygen atoms in total. The highest BCUT2D eigenvalue weighted by Gasteiger charge is 2.29. The van der Waals surface area contributed by atoms with E-state index in [-0.39, 0.29) is 34.3 Å². The molecule has 0 aliphatic carbocycles. The highest BCUT2D eigenvalue weighted by atomic mass is 32.2. The number of hydrogen-bond donors (Lipinski definition) is 2. The van der Waals surface area contributed by atoms with Crippen LogP contribution in [-0.2, 0) is 14.8 Å². The molecular formula is C30H37N5O5S. The molecule has 3 aromatic rings. The lowest BCUT2D eigenvalue weighted by molar-refractivity contribution is -0.131. The fraction of sp³-hybridized carbons (Fsp3) is 0.333. The van der Waals surface area contributed by atoms with Gasteiger partial charge in [-0.1, -0.05) is 30.3 Å². The first-order chi connectivity index (χ1) is 19.7. The number of hydrogen-bond acceptors (Lipinski definition) is 7. The van der Waals surface area contributed by atoms with E-state index >= 15 is 0 Å². The van der Waals surface area contributed by atoms with Gasteiger partial charge in [-0.3, -0.25) is 14.5 Å². The van der Waals surface area contributed by atoms with Gasteiger partial charge in [0.25, 0.3) is 15.9 Å². The van der Waals surface area contributed by atoms with Gasteiger partial charge in [-0.15, -0.1) is 0 Å². The number of nitrogens with one attached hydrogen (secondary N) is 1. The molecule has 0 spiro atoms. The molecule has 0 atom stereocenters. The molecule has 0 aromatic heterocycles. The minimum atomic E-state index is -4.15. The maximum atomic E-state index is 13.7. The molecule has 3 aromatic carbocycles. The number of phenols is 1. The lowest BCUT2D eigenvalue weighted by Crippen LogP contribution is -2.51. The summed E-state index contributed by atoms with van der Waals surface area (Å²) in [6.45, 7) is 4.76. The van der Waals surface area contributed by atoms with Crippen molar-refractivity contribution in [2.45, 2.75) is 11.3 Å². The van der Waals surface area contributed by atoms with E-state index in [1.165, 1.54) is 36.4 Å². The lowest BCUT2D eigenvalue weighted by Gasteiger charge is -2.35. The van der Waals surface area contributed by atoms with Crippen LogP contribution in [-0.4, -0.2) is 99.9 Å². The van der Waals surface area contributed by atoms with Crippen LogP contribution in [0.4, 0.5) is 11.4 Å². The SMILES string of the molecule is CN(C)CCCN1CCN(C(=O)CNC(=O)c2ccc(S(=O)(=O)N(c3ccccc3)c3ccccc3O)cc2)CC1. The molecule has 218 valence electrons. The number of amides is 2. The molecule has 0 unspecified atom stereocenters. The van der Waals surface area contributed by atoms with Crippen molar-refractivity contribution in [1.29, 1.82) is 0 Å². The molecule has 0 bridgehead atoms. The van der Waals surface area contributed by atoms with Crippen LogP contribution in [0.3, 0.4) is 0 Å². The van der Waals surface area contributed by atoms with E-state index < -0.39 is 15.9 Å². The van der Waals surface area contributed by atoms with E-state index in [0.717, 1.165) is 36.9 Å². The first kappa shape index (κ1) is 30.0. The number of sulfonamides is 1. The standard InChI is InChI=1S/C30H37N5O5S/c1-32(2)17-8-18-33-19-21-34(22-20-33)29(37)23-31-30(38)24-13-15-26(16-14-24)41(39,40)35(25-9-4-3-5-10-25)27-11-6-7-12-28(27)36/h3-7,9-16,36H,8,17-23H2,1-2H3,(H,31,38). The molecule has 1 saturated heterocycles. The summed E-state index contributed by atoms with van der Waals surface area (Å²) in [7, 11) is -0.0435. The second-order valence-corrected chi connectivity index (χ2v) is 12.0. The number of aromatic hydroxyl groups is 1. The fourth-order valence-electron chi connectivity index (χ4n) is 4.69. The first-order valence-corrected chi connectivity index (χ1v) is 15.0. The molecule has 1 fully saturated rings. The average molecular weight is 580 g/mol. The summed E-state index contributed by atoms with van der Waals surface area (Å²) >= 11 is 0. The van der Waals surface area contributed by atoms with Gasteiger partial charge in [-0.2, -0.15) is 0 Å². The topological polar surface area (TPSA) is 114 Å². The molecule has 2 N–H and O–H groups in total. The molecule has 11 heteroatoms. The van der Waals surface area contributed by atoms with Crippen molar-refractivity contribution in [3.8, 4) is 5.75 Å². The zero-order valence-corrected chi connectivity index (χ0v) is 24.3. The number of nitrogens with zero attached hydrogens (tertiary/aromatic N) is 4. The van der Waals surface area contributed by atoms with Gasteiger partial charge in [0.05, 0.1) is 22.8 Å². The molecule has 2 amide bonds. The number of anilines is 2.